The number of hydrogen-bond acceptors (Lipinski definition) is 2. The highest BCUT2D eigenvalue weighted by atomic mass is 79.9. The van der Waals surface area contributed by atoms with Crippen molar-refractivity contribution in [1.82, 2.24) is 0 Å². The molecule has 2 nitrogen and oxygen atoms in total. The summed E-state index contributed by atoms with van der Waals surface area (Å²) in [6.07, 6.45) is 5.38. The summed E-state index contributed by atoms with van der Waals surface area (Å²) in [6, 6.07) is 7.84. The third-order valence-electron chi connectivity index (χ3n) is 2.63. The van der Waals surface area contributed by atoms with Gasteiger partial charge in [-0.05, 0) is 24.0 Å². The highest BCUT2D eigenvalue weighted by molar-refractivity contribution is 9.09. The van der Waals surface area contributed by atoms with Crippen LogP contribution in [-0.4, -0.2) is 11.3 Å². The number of esters is 1. The fourth-order valence-corrected chi connectivity index (χ4v) is 1.92. The summed E-state index contributed by atoms with van der Waals surface area (Å²) < 4.78 is 5.21. The number of carbonyl (C=O) groups is 1. The summed E-state index contributed by atoms with van der Waals surface area (Å²) >= 11 is 3.37. The van der Waals surface area contributed by atoms with Crippen molar-refractivity contribution in [2.45, 2.75) is 32.3 Å². The lowest BCUT2D eigenvalue weighted by atomic mass is 10.1. The zero-order valence-corrected chi connectivity index (χ0v) is 12.1. The quantitative estimate of drug-likeness (QED) is 0.406. The maximum Gasteiger partial charge on any atom is 0.306 e. The Hall–Kier alpha value is -1.09. The van der Waals surface area contributed by atoms with Crippen molar-refractivity contribution in [2.24, 2.45) is 0 Å². The lowest BCUT2D eigenvalue weighted by Gasteiger charge is -2.05. The van der Waals surface area contributed by atoms with E-state index < -0.39 is 0 Å². The van der Waals surface area contributed by atoms with E-state index in [0.29, 0.717) is 13.0 Å². The summed E-state index contributed by atoms with van der Waals surface area (Å²) in [6.45, 7) is 4.05. The molecule has 0 spiro atoms. The third kappa shape index (κ3) is 6.01. The molecule has 98 valence electrons. The predicted molar refractivity (Wildman–Crippen MR) is 78.6 cm³/mol. The molecule has 3 heteroatoms. The largest absolute Gasteiger partial charge is 0.461 e. The van der Waals surface area contributed by atoms with Gasteiger partial charge in [0.05, 0.1) is 0 Å². The monoisotopic (exact) mass is 310 g/mol. The van der Waals surface area contributed by atoms with Crippen LogP contribution in [0.5, 0.6) is 0 Å². The van der Waals surface area contributed by atoms with E-state index in [-0.39, 0.29) is 5.97 Å². The van der Waals surface area contributed by atoms with E-state index in [4.69, 9.17) is 4.74 Å². The number of halogens is 1. The first-order chi connectivity index (χ1) is 8.76. The molecule has 0 unspecified atom stereocenters. The second-order valence-corrected chi connectivity index (χ2v) is 4.90. The van der Waals surface area contributed by atoms with Crippen LogP contribution in [0.2, 0.25) is 0 Å². The molecule has 0 amide bonds. The van der Waals surface area contributed by atoms with E-state index in [1.54, 1.807) is 6.08 Å². The van der Waals surface area contributed by atoms with Crippen LogP contribution in [0.15, 0.2) is 30.8 Å². The highest BCUT2D eigenvalue weighted by Gasteiger charge is 2.03. The van der Waals surface area contributed by atoms with E-state index >= 15 is 0 Å². The predicted octanol–water partition coefficient (Wildman–Crippen LogP) is 4.33. The smallest absolute Gasteiger partial charge is 0.306 e. The van der Waals surface area contributed by atoms with E-state index in [1.165, 1.54) is 0 Å². The van der Waals surface area contributed by atoms with E-state index in [2.05, 4.69) is 22.5 Å². The number of unbranched alkanes of at least 4 members (excludes halogenated alkanes) is 2. The summed E-state index contributed by atoms with van der Waals surface area (Å²) in [4.78, 5) is 11.5. The number of carbonyl (C=O) groups excluding carboxylic acids is 1. The van der Waals surface area contributed by atoms with E-state index in [0.717, 1.165) is 35.7 Å². The van der Waals surface area contributed by atoms with Crippen LogP contribution in [0.25, 0.3) is 6.08 Å². The SMILES string of the molecule is C=Cc1ccc(COC(=O)CCCCCBr)cc1. The van der Waals surface area contributed by atoms with Crippen LogP contribution in [0.4, 0.5) is 0 Å². The summed E-state index contributed by atoms with van der Waals surface area (Å²) in [5, 5.41) is 0.998. The van der Waals surface area contributed by atoms with Gasteiger partial charge in [0.1, 0.15) is 6.61 Å². The normalized spacial score (nSPS) is 10.1. The number of alkyl halides is 1. The van der Waals surface area contributed by atoms with Crippen molar-refractivity contribution >= 4 is 28.0 Å². The highest BCUT2D eigenvalue weighted by Crippen LogP contribution is 2.08. The van der Waals surface area contributed by atoms with Gasteiger partial charge in [-0.15, -0.1) is 0 Å². The van der Waals surface area contributed by atoms with Gasteiger partial charge in [0.25, 0.3) is 0 Å². The van der Waals surface area contributed by atoms with Gasteiger partial charge in [-0.2, -0.15) is 0 Å². The molecule has 0 saturated carbocycles. The lowest BCUT2D eigenvalue weighted by Crippen LogP contribution is -2.04. The average molecular weight is 311 g/mol. The van der Waals surface area contributed by atoms with Gasteiger partial charge in [-0.1, -0.05) is 59.3 Å². The summed E-state index contributed by atoms with van der Waals surface area (Å²) in [5.74, 6) is -0.114. The Morgan fingerprint density at radius 2 is 1.94 bits per heavy atom. The Morgan fingerprint density at radius 3 is 2.56 bits per heavy atom. The zero-order chi connectivity index (χ0) is 13.2. The number of rotatable bonds is 8. The van der Waals surface area contributed by atoms with Gasteiger partial charge in [0.15, 0.2) is 0 Å². The number of benzene rings is 1. The molecule has 0 bridgehead atoms. The van der Waals surface area contributed by atoms with Crippen LogP contribution < -0.4 is 0 Å². The number of ether oxygens (including phenoxy) is 1. The second-order valence-electron chi connectivity index (χ2n) is 4.11. The van der Waals surface area contributed by atoms with Crippen LogP contribution in [0.3, 0.4) is 0 Å². The third-order valence-corrected chi connectivity index (χ3v) is 3.19. The van der Waals surface area contributed by atoms with E-state index in [1.807, 2.05) is 24.3 Å². The van der Waals surface area contributed by atoms with Gasteiger partial charge >= 0.3 is 5.97 Å². The minimum atomic E-state index is -0.114. The topological polar surface area (TPSA) is 26.3 Å². The average Bonchev–Trinajstić information content (AvgIpc) is 2.42. The Morgan fingerprint density at radius 1 is 1.22 bits per heavy atom. The molecule has 0 aromatic heterocycles. The minimum absolute atomic E-state index is 0.114. The van der Waals surface area contributed by atoms with Crippen LogP contribution >= 0.6 is 15.9 Å². The second kappa shape index (κ2) is 8.92. The lowest BCUT2D eigenvalue weighted by molar-refractivity contribution is -0.145. The summed E-state index contributed by atoms with van der Waals surface area (Å²) in [5.41, 5.74) is 2.08. The molecule has 0 aliphatic carbocycles. The molecular formula is C15H19BrO2. The standard InChI is InChI=1S/C15H19BrO2/c1-2-13-7-9-14(10-8-13)12-18-15(17)6-4-3-5-11-16/h2,7-10H,1,3-6,11-12H2. The first-order valence-corrected chi connectivity index (χ1v) is 7.31. The molecular weight excluding hydrogens is 292 g/mol. The number of hydrogen-bond donors (Lipinski definition) is 0. The van der Waals surface area contributed by atoms with Crippen molar-refractivity contribution in [2.75, 3.05) is 5.33 Å². The van der Waals surface area contributed by atoms with Crippen LogP contribution in [-0.2, 0) is 16.1 Å². The molecule has 0 aliphatic rings. The maximum atomic E-state index is 11.5. The molecule has 18 heavy (non-hydrogen) atoms. The van der Waals surface area contributed by atoms with Crippen molar-refractivity contribution in [3.05, 3.63) is 42.0 Å². The molecule has 1 aromatic carbocycles. The molecule has 0 saturated heterocycles. The van der Waals surface area contributed by atoms with Gasteiger partial charge in [-0.25, -0.2) is 0 Å². The molecule has 1 aromatic rings. The van der Waals surface area contributed by atoms with Crippen LogP contribution in [0, 0.1) is 0 Å². The van der Waals surface area contributed by atoms with Gasteiger partial charge in [0.2, 0.25) is 0 Å². The Bertz CT molecular complexity index is 371. The Labute approximate surface area is 117 Å². The van der Waals surface area contributed by atoms with Crippen LogP contribution in [0.1, 0.15) is 36.8 Å². The van der Waals surface area contributed by atoms with Crippen molar-refractivity contribution < 1.29 is 9.53 Å². The van der Waals surface area contributed by atoms with Crippen molar-refractivity contribution in [1.29, 1.82) is 0 Å². The van der Waals surface area contributed by atoms with Crippen molar-refractivity contribution in [3.63, 3.8) is 0 Å². The summed E-state index contributed by atoms with van der Waals surface area (Å²) in [7, 11) is 0. The van der Waals surface area contributed by atoms with Crippen molar-refractivity contribution in [3.8, 4) is 0 Å². The maximum absolute atomic E-state index is 11.5. The zero-order valence-electron chi connectivity index (χ0n) is 10.5. The van der Waals surface area contributed by atoms with Gasteiger partial charge in [0, 0.05) is 11.8 Å². The van der Waals surface area contributed by atoms with Gasteiger partial charge in [-0.3, -0.25) is 4.79 Å². The molecule has 0 fully saturated rings. The van der Waals surface area contributed by atoms with E-state index in [9.17, 15) is 4.79 Å². The van der Waals surface area contributed by atoms with Gasteiger partial charge < -0.3 is 4.74 Å². The Balaban J connectivity index is 2.22. The first-order valence-electron chi connectivity index (χ1n) is 6.19. The molecule has 1 rings (SSSR count). The molecule has 0 atom stereocenters. The Kier molecular flexibility index (Phi) is 7.42. The first kappa shape index (κ1) is 15.0. The fraction of sp³-hybridized carbons (Fsp3) is 0.400. The molecule has 0 aliphatic heterocycles. The molecule has 0 N–H and O–H groups in total. The fourth-order valence-electron chi connectivity index (χ4n) is 1.53. The molecule has 0 radical (unpaired) electrons. The minimum Gasteiger partial charge on any atom is -0.461 e. The molecule has 0 heterocycles.